The van der Waals surface area contributed by atoms with Crippen molar-refractivity contribution in [3.63, 3.8) is 0 Å². The lowest BCUT2D eigenvalue weighted by molar-refractivity contribution is -0.136. The van der Waals surface area contributed by atoms with E-state index in [-0.39, 0.29) is 30.7 Å². The Balaban J connectivity index is 0.00000196. The molecule has 2 aliphatic rings. The highest BCUT2D eigenvalue weighted by molar-refractivity contribution is 5.85. The third kappa shape index (κ3) is 6.60. The number of nitrogens with two attached hydrogens (primary N) is 1. The zero-order valence-electron chi connectivity index (χ0n) is 16.7. The molecule has 1 amide bonds. The van der Waals surface area contributed by atoms with Gasteiger partial charge in [-0.1, -0.05) is 37.1 Å². The lowest BCUT2D eigenvalue weighted by Gasteiger charge is -2.34. The number of halogens is 2. The van der Waals surface area contributed by atoms with E-state index >= 15 is 0 Å². The molecule has 0 radical (unpaired) electrons. The van der Waals surface area contributed by atoms with Crippen LogP contribution >= 0.6 is 24.8 Å². The van der Waals surface area contributed by atoms with Crippen LogP contribution in [0.1, 0.15) is 49.7 Å². The number of ether oxygens (including phenoxy) is 1. The van der Waals surface area contributed by atoms with Gasteiger partial charge in [0.15, 0.2) is 0 Å². The molecule has 0 spiro atoms. The van der Waals surface area contributed by atoms with Crippen LogP contribution in [0.15, 0.2) is 24.3 Å². The van der Waals surface area contributed by atoms with Gasteiger partial charge in [0.1, 0.15) is 0 Å². The van der Waals surface area contributed by atoms with E-state index in [2.05, 4.69) is 34.5 Å². The second-order valence-corrected chi connectivity index (χ2v) is 7.74. The Morgan fingerprint density at radius 3 is 2.25 bits per heavy atom. The summed E-state index contributed by atoms with van der Waals surface area (Å²) in [5.41, 5.74) is 8.03. The van der Waals surface area contributed by atoms with Gasteiger partial charge in [0.05, 0.1) is 5.41 Å². The van der Waals surface area contributed by atoms with Crippen LogP contribution in [0, 0.1) is 5.41 Å². The van der Waals surface area contributed by atoms with E-state index in [0.717, 1.165) is 6.54 Å². The highest BCUT2D eigenvalue weighted by atomic mass is 35.5. The molecule has 2 aliphatic heterocycles. The average molecular weight is 432 g/mol. The van der Waals surface area contributed by atoms with Gasteiger partial charge in [-0.15, -0.1) is 24.8 Å². The Hall–Kier alpha value is -0.850. The number of benzene rings is 1. The molecule has 1 aromatic rings. The quantitative estimate of drug-likeness (QED) is 0.724. The number of hydrogen-bond acceptors (Lipinski definition) is 4. The van der Waals surface area contributed by atoms with Crippen molar-refractivity contribution in [2.24, 2.45) is 11.1 Å². The van der Waals surface area contributed by atoms with Crippen LogP contribution in [-0.4, -0.2) is 43.7 Å². The molecule has 7 heteroatoms. The molecule has 2 heterocycles. The molecule has 0 bridgehead atoms. The first-order valence-electron chi connectivity index (χ1n) is 10.1. The van der Waals surface area contributed by atoms with Crippen molar-refractivity contribution in [1.82, 2.24) is 10.2 Å². The largest absolute Gasteiger partial charge is 0.381 e. The number of nitrogens with one attached hydrogen (secondary N) is 1. The van der Waals surface area contributed by atoms with E-state index in [0.29, 0.717) is 39.1 Å². The van der Waals surface area contributed by atoms with Gasteiger partial charge in [0, 0.05) is 32.8 Å². The second kappa shape index (κ2) is 12.7. The van der Waals surface area contributed by atoms with Gasteiger partial charge < -0.3 is 15.8 Å². The number of nitrogens with zero attached hydrogens (tertiary/aromatic N) is 1. The molecule has 0 atom stereocenters. The van der Waals surface area contributed by atoms with E-state index < -0.39 is 5.41 Å². The molecular formula is C21H35Cl2N3O2. The normalized spacial score (nSPS) is 19.6. The van der Waals surface area contributed by atoms with Crippen LogP contribution < -0.4 is 11.1 Å². The van der Waals surface area contributed by atoms with Crippen molar-refractivity contribution in [1.29, 1.82) is 0 Å². The summed E-state index contributed by atoms with van der Waals surface area (Å²) in [5.74, 6) is 0.0767. The Morgan fingerprint density at radius 1 is 1.04 bits per heavy atom. The Morgan fingerprint density at radius 2 is 1.64 bits per heavy atom. The minimum Gasteiger partial charge on any atom is -0.381 e. The molecule has 0 aliphatic carbocycles. The minimum atomic E-state index is -0.460. The fourth-order valence-electron chi connectivity index (χ4n) is 4.07. The minimum absolute atomic E-state index is 0. The molecule has 2 saturated heterocycles. The van der Waals surface area contributed by atoms with Crippen molar-refractivity contribution < 1.29 is 9.53 Å². The SMILES string of the molecule is Cl.Cl.NCC1(C(=O)NCc2ccccc2CN2CCCCCC2)CCOCC1. The molecule has 0 saturated carbocycles. The molecule has 0 unspecified atom stereocenters. The number of carbonyl (C=O) groups excluding carboxylic acids is 1. The third-order valence-electron chi connectivity index (χ3n) is 5.97. The number of likely N-dealkylation sites (tertiary alicyclic amines) is 1. The first kappa shape index (κ1) is 25.2. The zero-order chi connectivity index (χ0) is 18.2. The molecule has 2 fully saturated rings. The van der Waals surface area contributed by atoms with Gasteiger partial charge >= 0.3 is 0 Å². The molecule has 5 nitrogen and oxygen atoms in total. The van der Waals surface area contributed by atoms with E-state index in [9.17, 15) is 4.79 Å². The zero-order valence-corrected chi connectivity index (χ0v) is 18.3. The smallest absolute Gasteiger partial charge is 0.227 e. The van der Waals surface area contributed by atoms with E-state index in [1.165, 1.54) is 49.9 Å². The lowest BCUT2D eigenvalue weighted by atomic mass is 9.79. The number of hydrogen-bond donors (Lipinski definition) is 2. The topological polar surface area (TPSA) is 67.6 Å². The predicted molar refractivity (Wildman–Crippen MR) is 118 cm³/mol. The summed E-state index contributed by atoms with van der Waals surface area (Å²) < 4.78 is 5.41. The van der Waals surface area contributed by atoms with Crippen LogP contribution in [0.3, 0.4) is 0 Å². The fourth-order valence-corrected chi connectivity index (χ4v) is 4.07. The van der Waals surface area contributed by atoms with Crippen LogP contribution in [-0.2, 0) is 22.6 Å². The summed E-state index contributed by atoms with van der Waals surface area (Å²) in [6.07, 6.45) is 6.70. The van der Waals surface area contributed by atoms with Crippen LogP contribution in [0.25, 0.3) is 0 Å². The predicted octanol–water partition coefficient (Wildman–Crippen LogP) is 3.28. The number of carbonyl (C=O) groups is 1. The summed E-state index contributed by atoms with van der Waals surface area (Å²) >= 11 is 0. The second-order valence-electron chi connectivity index (χ2n) is 7.74. The first-order valence-corrected chi connectivity index (χ1v) is 10.1. The van der Waals surface area contributed by atoms with Crippen molar-refractivity contribution >= 4 is 30.7 Å². The number of amides is 1. The van der Waals surface area contributed by atoms with Gasteiger partial charge in [-0.3, -0.25) is 9.69 Å². The van der Waals surface area contributed by atoms with Gasteiger partial charge in [-0.2, -0.15) is 0 Å². The van der Waals surface area contributed by atoms with Gasteiger partial charge in [0.25, 0.3) is 0 Å². The average Bonchev–Trinajstić information content (AvgIpc) is 2.96. The Kier molecular flexibility index (Phi) is 11.4. The summed E-state index contributed by atoms with van der Waals surface area (Å²) in [4.78, 5) is 15.4. The van der Waals surface area contributed by atoms with E-state index in [4.69, 9.17) is 10.5 Å². The first-order chi connectivity index (χ1) is 12.7. The molecule has 3 rings (SSSR count). The highest BCUT2D eigenvalue weighted by Gasteiger charge is 2.38. The molecular weight excluding hydrogens is 397 g/mol. The maximum atomic E-state index is 12.8. The van der Waals surface area contributed by atoms with Gasteiger partial charge in [-0.05, 0) is 49.9 Å². The van der Waals surface area contributed by atoms with Crippen molar-refractivity contribution in [2.75, 3.05) is 32.8 Å². The van der Waals surface area contributed by atoms with Crippen LogP contribution in [0.5, 0.6) is 0 Å². The highest BCUT2D eigenvalue weighted by Crippen LogP contribution is 2.29. The monoisotopic (exact) mass is 431 g/mol. The van der Waals surface area contributed by atoms with Gasteiger partial charge in [-0.25, -0.2) is 0 Å². The van der Waals surface area contributed by atoms with Crippen LogP contribution in [0.4, 0.5) is 0 Å². The van der Waals surface area contributed by atoms with Crippen molar-refractivity contribution in [3.05, 3.63) is 35.4 Å². The van der Waals surface area contributed by atoms with Crippen LogP contribution in [0.2, 0.25) is 0 Å². The summed E-state index contributed by atoms with van der Waals surface area (Å²) in [7, 11) is 0. The Labute approximate surface area is 181 Å². The van der Waals surface area contributed by atoms with Crippen molar-refractivity contribution in [3.8, 4) is 0 Å². The van der Waals surface area contributed by atoms with E-state index in [1.807, 2.05) is 0 Å². The fraction of sp³-hybridized carbons (Fsp3) is 0.667. The summed E-state index contributed by atoms with van der Waals surface area (Å²) in [6.45, 7) is 5.53. The molecule has 3 N–H and O–H groups in total. The van der Waals surface area contributed by atoms with E-state index in [1.54, 1.807) is 0 Å². The number of rotatable bonds is 6. The molecule has 28 heavy (non-hydrogen) atoms. The lowest BCUT2D eigenvalue weighted by Crippen LogP contribution is -2.49. The maximum Gasteiger partial charge on any atom is 0.227 e. The molecule has 1 aromatic carbocycles. The molecule has 0 aromatic heterocycles. The third-order valence-corrected chi connectivity index (χ3v) is 5.97. The van der Waals surface area contributed by atoms with Gasteiger partial charge in [0.2, 0.25) is 5.91 Å². The Bertz CT molecular complexity index is 587. The summed E-state index contributed by atoms with van der Waals surface area (Å²) in [5, 5.41) is 3.16. The standard InChI is InChI=1S/C21H33N3O2.2ClH/c22-17-21(9-13-26-14-10-21)20(25)23-15-18-7-3-4-8-19(18)16-24-11-5-1-2-6-12-24;;/h3-4,7-8H,1-2,5-6,9-17,22H2,(H,23,25);2*1H. The van der Waals surface area contributed by atoms with Crippen molar-refractivity contribution in [2.45, 2.75) is 51.6 Å². The maximum absolute atomic E-state index is 12.8. The molecule has 160 valence electrons. The summed E-state index contributed by atoms with van der Waals surface area (Å²) in [6, 6.07) is 8.48.